The van der Waals surface area contributed by atoms with Crippen LogP contribution in [-0.2, 0) is 14.3 Å². The number of carbonyl (C=O) groups is 2. The van der Waals surface area contributed by atoms with Crippen molar-refractivity contribution < 1.29 is 19.4 Å². The fourth-order valence-corrected chi connectivity index (χ4v) is 2.92. The van der Waals surface area contributed by atoms with Crippen molar-refractivity contribution in [2.75, 3.05) is 0 Å². The minimum atomic E-state index is -0.977. The third-order valence-corrected chi connectivity index (χ3v) is 4.39. The average Bonchev–Trinajstić information content (AvgIpc) is 2.57. The van der Waals surface area contributed by atoms with Crippen LogP contribution in [-0.4, -0.2) is 23.1 Å². The number of rotatable bonds is 17. The summed E-state index contributed by atoms with van der Waals surface area (Å²) in [5.41, 5.74) is 0. The fourth-order valence-electron chi connectivity index (χ4n) is 2.92. The molecule has 0 bridgehead atoms. The van der Waals surface area contributed by atoms with E-state index < -0.39 is 17.9 Å². The standard InChI is InChI=1S/C22H40O4/c1-4-5-6-7-8-9-10-11-12-13-14-15-16-17-20(18-21(23)24)22(25)26-19(2)3/h16-17,19-20H,4-15,18H2,1-3H3,(H,23,24). The molecular weight excluding hydrogens is 328 g/mol. The van der Waals surface area contributed by atoms with Crippen molar-refractivity contribution in [2.24, 2.45) is 5.92 Å². The minimum absolute atomic E-state index is 0.208. The Morgan fingerprint density at radius 3 is 1.85 bits per heavy atom. The maximum absolute atomic E-state index is 11.9. The van der Waals surface area contributed by atoms with Crippen LogP contribution in [0, 0.1) is 5.92 Å². The van der Waals surface area contributed by atoms with Crippen LogP contribution in [0.25, 0.3) is 0 Å². The van der Waals surface area contributed by atoms with E-state index in [4.69, 9.17) is 9.84 Å². The predicted octanol–water partition coefficient (Wildman–Crippen LogP) is 6.29. The van der Waals surface area contributed by atoms with Crippen molar-refractivity contribution in [2.45, 2.75) is 110 Å². The van der Waals surface area contributed by atoms with Crippen LogP contribution in [0.5, 0.6) is 0 Å². The van der Waals surface area contributed by atoms with Crippen LogP contribution in [0.3, 0.4) is 0 Å². The highest BCUT2D eigenvalue weighted by atomic mass is 16.5. The molecule has 0 spiro atoms. The zero-order chi connectivity index (χ0) is 19.6. The predicted molar refractivity (Wildman–Crippen MR) is 107 cm³/mol. The van der Waals surface area contributed by atoms with Crippen LogP contribution in [0.2, 0.25) is 0 Å². The maximum atomic E-state index is 11.9. The molecule has 0 aromatic heterocycles. The quantitative estimate of drug-likeness (QED) is 0.186. The first-order valence-electron chi connectivity index (χ1n) is 10.6. The molecule has 1 unspecified atom stereocenters. The zero-order valence-electron chi connectivity index (χ0n) is 17.2. The molecule has 0 aliphatic heterocycles. The van der Waals surface area contributed by atoms with Gasteiger partial charge in [-0.05, 0) is 26.7 Å². The van der Waals surface area contributed by atoms with Crippen LogP contribution < -0.4 is 0 Å². The minimum Gasteiger partial charge on any atom is -0.481 e. The van der Waals surface area contributed by atoms with E-state index in [9.17, 15) is 9.59 Å². The number of ether oxygens (including phenoxy) is 1. The van der Waals surface area contributed by atoms with Crippen LogP contribution in [0.4, 0.5) is 0 Å². The van der Waals surface area contributed by atoms with Crippen molar-refractivity contribution in [3.05, 3.63) is 12.2 Å². The Kier molecular flexibility index (Phi) is 16.2. The Labute approximate surface area is 160 Å². The average molecular weight is 369 g/mol. The summed E-state index contributed by atoms with van der Waals surface area (Å²) in [6, 6.07) is 0. The highest BCUT2D eigenvalue weighted by Crippen LogP contribution is 2.14. The lowest BCUT2D eigenvalue weighted by atomic mass is 10.0. The van der Waals surface area contributed by atoms with Gasteiger partial charge in [0.25, 0.3) is 0 Å². The summed E-state index contributed by atoms with van der Waals surface area (Å²) in [4.78, 5) is 22.8. The molecule has 0 aromatic rings. The summed E-state index contributed by atoms with van der Waals surface area (Å²) >= 11 is 0. The molecule has 0 saturated carbocycles. The molecule has 152 valence electrons. The number of hydrogen-bond donors (Lipinski definition) is 1. The van der Waals surface area contributed by atoms with Gasteiger partial charge in [0.05, 0.1) is 18.4 Å². The van der Waals surface area contributed by atoms with Crippen LogP contribution in [0.1, 0.15) is 104 Å². The smallest absolute Gasteiger partial charge is 0.313 e. The van der Waals surface area contributed by atoms with Gasteiger partial charge < -0.3 is 9.84 Å². The highest BCUT2D eigenvalue weighted by molar-refractivity contribution is 5.80. The Bertz CT molecular complexity index is 388. The van der Waals surface area contributed by atoms with Crippen LogP contribution in [0.15, 0.2) is 12.2 Å². The van der Waals surface area contributed by atoms with E-state index in [0.717, 1.165) is 12.8 Å². The lowest BCUT2D eigenvalue weighted by Gasteiger charge is -2.13. The molecule has 0 aliphatic rings. The van der Waals surface area contributed by atoms with E-state index in [1.807, 2.05) is 6.08 Å². The molecule has 4 heteroatoms. The van der Waals surface area contributed by atoms with E-state index >= 15 is 0 Å². The molecule has 0 fully saturated rings. The molecule has 1 N–H and O–H groups in total. The zero-order valence-corrected chi connectivity index (χ0v) is 17.2. The highest BCUT2D eigenvalue weighted by Gasteiger charge is 2.21. The molecule has 0 amide bonds. The Balaban J connectivity index is 3.74. The molecule has 0 aromatic carbocycles. The monoisotopic (exact) mass is 368 g/mol. The van der Waals surface area contributed by atoms with Crippen molar-refractivity contribution in [3.63, 3.8) is 0 Å². The third-order valence-electron chi connectivity index (χ3n) is 4.39. The van der Waals surface area contributed by atoms with Gasteiger partial charge in [0.2, 0.25) is 0 Å². The molecule has 0 aliphatic carbocycles. The maximum Gasteiger partial charge on any atom is 0.313 e. The number of carboxylic acids is 1. The van der Waals surface area contributed by atoms with E-state index in [2.05, 4.69) is 6.92 Å². The number of allylic oxidation sites excluding steroid dienone is 1. The van der Waals surface area contributed by atoms with Crippen LogP contribution >= 0.6 is 0 Å². The van der Waals surface area contributed by atoms with Gasteiger partial charge >= 0.3 is 11.9 Å². The SMILES string of the molecule is CCCCCCCCCCCCCC=CC(CC(=O)O)C(=O)OC(C)C. The van der Waals surface area contributed by atoms with Gasteiger partial charge in [-0.2, -0.15) is 0 Å². The molecule has 0 rings (SSSR count). The van der Waals surface area contributed by atoms with E-state index in [0.29, 0.717) is 0 Å². The van der Waals surface area contributed by atoms with Crippen molar-refractivity contribution in [1.29, 1.82) is 0 Å². The number of aliphatic carboxylic acids is 1. The summed E-state index contributed by atoms with van der Waals surface area (Å²) in [7, 11) is 0. The van der Waals surface area contributed by atoms with E-state index in [-0.39, 0.29) is 12.5 Å². The largest absolute Gasteiger partial charge is 0.481 e. The van der Waals surface area contributed by atoms with E-state index in [1.165, 1.54) is 64.2 Å². The first kappa shape index (κ1) is 24.7. The number of esters is 1. The summed E-state index contributed by atoms with van der Waals surface area (Å²) in [5.74, 6) is -2.10. The molecule has 0 heterocycles. The second-order valence-corrected chi connectivity index (χ2v) is 7.44. The molecule has 0 saturated heterocycles. The fraction of sp³-hybridized carbons (Fsp3) is 0.818. The van der Waals surface area contributed by atoms with Gasteiger partial charge in [0.15, 0.2) is 0 Å². The summed E-state index contributed by atoms with van der Waals surface area (Å²) in [6.45, 7) is 5.79. The van der Waals surface area contributed by atoms with Gasteiger partial charge in [-0.25, -0.2) is 0 Å². The van der Waals surface area contributed by atoms with Gasteiger partial charge in [-0.1, -0.05) is 83.3 Å². The van der Waals surface area contributed by atoms with Gasteiger partial charge in [-0.3, -0.25) is 9.59 Å². The normalized spacial score (nSPS) is 12.6. The Morgan fingerprint density at radius 1 is 0.885 bits per heavy atom. The molecule has 0 radical (unpaired) electrons. The summed E-state index contributed by atoms with van der Waals surface area (Å²) in [6.07, 6.45) is 18.5. The molecule has 4 nitrogen and oxygen atoms in total. The first-order chi connectivity index (χ1) is 12.5. The molecular formula is C22H40O4. The van der Waals surface area contributed by atoms with Crippen molar-refractivity contribution in [3.8, 4) is 0 Å². The second kappa shape index (κ2) is 17.1. The number of carbonyl (C=O) groups excluding carboxylic acids is 1. The second-order valence-electron chi connectivity index (χ2n) is 7.44. The van der Waals surface area contributed by atoms with Crippen molar-refractivity contribution in [1.82, 2.24) is 0 Å². The lowest BCUT2D eigenvalue weighted by molar-refractivity contribution is -0.154. The topological polar surface area (TPSA) is 63.6 Å². The third kappa shape index (κ3) is 16.2. The number of hydrogen-bond acceptors (Lipinski definition) is 3. The van der Waals surface area contributed by atoms with Gasteiger partial charge in [0, 0.05) is 0 Å². The number of unbranched alkanes of at least 4 members (excludes halogenated alkanes) is 11. The molecule has 1 atom stereocenters. The number of carboxylic acid groups (broad SMARTS) is 1. The van der Waals surface area contributed by atoms with Gasteiger partial charge in [0.1, 0.15) is 0 Å². The van der Waals surface area contributed by atoms with Gasteiger partial charge in [-0.15, -0.1) is 0 Å². The summed E-state index contributed by atoms with van der Waals surface area (Å²) in [5, 5.41) is 8.93. The summed E-state index contributed by atoms with van der Waals surface area (Å²) < 4.78 is 5.12. The Hall–Kier alpha value is -1.32. The van der Waals surface area contributed by atoms with Crippen molar-refractivity contribution >= 4 is 11.9 Å². The Morgan fingerprint density at radius 2 is 1.38 bits per heavy atom. The first-order valence-corrected chi connectivity index (χ1v) is 10.6. The van der Waals surface area contributed by atoms with E-state index in [1.54, 1.807) is 19.9 Å². The lowest BCUT2D eigenvalue weighted by Crippen LogP contribution is -2.22. The molecule has 26 heavy (non-hydrogen) atoms.